The molecule has 0 unspecified atom stereocenters. The summed E-state index contributed by atoms with van der Waals surface area (Å²) in [4.78, 5) is 28.0. The number of nitrogens with zero attached hydrogens (tertiary/aromatic N) is 4. The topological polar surface area (TPSA) is 80.2 Å². The van der Waals surface area contributed by atoms with Crippen LogP contribution in [0.5, 0.6) is 0 Å². The lowest BCUT2D eigenvalue weighted by atomic mass is 10.1. The summed E-state index contributed by atoms with van der Waals surface area (Å²) in [6.45, 7) is 6.84. The number of aryl methyl sites for hydroxylation is 2. The van der Waals surface area contributed by atoms with E-state index in [1.807, 2.05) is 32.0 Å². The van der Waals surface area contributed by atoms with Gasteiger partial charge in [-0.05, 0) is 31.5 Å². The maximum Gasteiger partial charge on any atom is 0.242 e. The van der Waals surface area contributed by atoms with Crippen LogP contribution in [0.25, 0.3) is 0 Å². The van der Waals surface area contributed by atoms with E-state index in [1.165, 1.54) is 0 Å². The van der Waals surface area contributed by atoms with Gasteiger partial charge in [-0.3, -0.25) is 14.7 Å². The van der Waals surface area contributed by atoms with Gasteiger partial charge in [0, 0.05) is 36.9 Å². The van der Waals surface area contributed by atoms with Gasteiger partial charge in [-0.1, -0.05) is 6.07 Å². The van der Waals surface area contributed by atoms with E-state index in [4.69, 9.17) is 4.74 Å². The fraction of sp³-hybridized carbons (Fsp3) is 0.444. The lowest BCUT2D eigenvalue weighted by Crippen LogP contribution is -2.45. The summed E-state index contributed by atoms with van der Waals surface area (Å²) in [6.07, 6.45) is 3.45. The van der Waals surface area contributed by atoms with Crippen molar-refractivity contribution in [2.75, 3.05) is 26.3 Å². The first kappa shape index (κ1) is 17.4. The van der Waals surface area contributed by atoms with E-state index in [0.29, 0.717) is 38.7 Å². The summed E-state index contributed by atoms with van der Waals surface area (Å²) >= 11 is 0. The molecule has 7 heteroatoms. The molecule has 0 spiro atoms. The van der Waals surface area contributed by atoms with Crippen LogP contribution in [0.1, 0.15) is 28.8 Å². The normalized spacial score (nSPS) is 16.4. The standard InChI is InChI=1S/C18H23N5O2/c1-13-10-14(2)22-16(21-13)12-20-18(24)17(15-4-3-5-19-11-15)23-6-8-25-9-7-23/h3-5,10-11,17H,6-9,12H2,1-2H3,(H,20,24)/t17-/m0/s1. The Labute approximate surface area is 147 Å². The average molecular weight is 341 g/mol. The molecule has 2 aromatic rings. The summed E-state index contributed by atoms with van der Waals surface area (Å²) in [5, 5.41) is 2.98. The maximum absolute atomic E-state index is 12.9. The van der Waals surface area contributed by atoms with Crippen molar-refractivity contribution in [1.82, 2.24) is 25.2 Å². The SMILES string of the molecule is Cc1cc(C)nc(CNC(=O)[C@H](c2cccnc2)N2CCOCC2)n1. The minimum Gasteiger partial charge on any atom is -0.379 e. The molecule has 0 saturated carbocycles. The summed E-state index contributed by atoms with van der Waals surface area (Å²) in [5.74, 6) is 0.551. The molecule has 1 N–H and O–H groups in total. The Balaban J connectivity index is 1.74. The molecule has 1 fully saturated rings. The maximum atomic E-state index is 12.9. The van der Waals surface area contributed by atoms with Crippen LogP contribution in [0.15, 0.2) is 30.6 Å². The molecule has 132 valence electrons. The van der Waals surface area contributed by atoms with E-state index in [-0.39, 0.29) is 11.9 Å². The minimum absolute atomic E-state index is 0.0716. The van der Waals surface area contributed by atoms with Gasteiger partial charge in [-0.2, -0.15) is 0 Å². The second-order valence-electron chi connectivity index (χ2n) is 6.12. The molecule has 1 atom stereocenters. The lowest BCUT2D eigenvalue weighted by molar-refractivity contribution is -0.128. The fourth-order valence-corrected chi connectivity index (χ4v) is 3.04. The quantitative estimate of drug-likeness (QED) is 0.880. The van der Waals surface area contributed by atoms with Gasteiger partial charge in [0.05, 0.1) is 19.8 Å². The molecule has 2 aromatic heterocycles. The van der Waals surface area contributed by atoms with Crippen molar-refractivity contribution in [1.29, 1.82) is 0 Å². The number of aromatic nitrogens is 3. The van der Waals surface area contributed by atoms with E-state index < -0.39 is 0 Å². The Kier molecular flexibility index (Phi) is 5.67. The molecule has 0 aromatic carbocycles. The smallest absolute Gasteiger partial charge is 0.242 e. The molecule has 1 saturated heterocycles. The third kappa shape index (κ3) is 4.58. The van der Waals surface area contributed by atoms with Gasteiger partial charge >= 0.3 is 0 Å². The number of rotatable bonds is 5. The van der Waals surface area contributed by atoms with Crippen LogP contribution in [-0.4, -0.2) is 52.1 Å². The van der Waals surface area contributed by atoms with Crippen LogP contribution >= 0.6 is 0 Å². The van der Waals surface area contributed by atoms with Gasteiger partial charge in [0.15, 0.2) is 0 Å². The molecule has 0 radical (unpaired) electrons. The van der Waals surface area contributed by atoms with Crippen molar-refractivity contribution in [3.63, 3.8) is 0 Å². The Morgan fingerprint density at radius 1 is 1.28 bits per heavy atom. The van der Waals surface area contributed by atoms with Crippen molar-refractivity contribution in [2.45, 2.75) is 26.4 Å². The molecule has 1 amide bonds. The molecule has 1 aliphatic rings. The number of morpholine rings is 1. The van der Waals surface area contributed by atoms with Gasteiger partial charge in [-0.15, -0.1) is 0 Å². The monoisotopic (exact) mass is 341 g/mol. The number of hydrogen-bond acceptors (Lipinski definition) is 6. The molecule has 1 aliphatic heterocycles. The predicted molar refractivity (Wildman–Crippen MR) is 92.7 cm³/mol. The number of carbonyl (C=O) groups is 1. The molecule has 25 heavy (non-hydrogen) atoms. The van der Waals surface area contributed by atoms with Crippen molar-refractivity contribution < 1.29 is 9.53 Å². The van der Waals surface area contributed by atoms with Crippen molar-refractivity contribution >= 4 is 5.91 Å². The van der Waals surface area contributed by atoms with E-state index in [1.54, 1.807) is 12.4 Å². The molecule has 0 bridgehead atoms. The molecular formula is C18H23N5O2. The number of ether oxygens (including phenoxy) is 1. The minimum atomic E-state index is -0.386. The van der Waals surface area contributed by atoms with Gasteiger partial charge in [0.2, 0.25) is 5.91 Å². The van der Waals surface area contributed by atoms with E-state index >= 15 is 0 Å². The van der Waals surface area contributed by atoms with Crippen molar-refractivity contribution in [3.8, 4) is 0 Å². The number of amides is 1. The van der Waals surface area contributed by atoms with Gasteiger partial charge in [0.1, 0.15) is 11.9 Å². The van der Waals surface area contributed by atoms with Gasteiger partial charge < -0.3 is 10.1 Å². The van der Waals surface area contributed by atoms with Crippen molar-refractivity contribution in [2.24, 2.45) is 0 Å². The molecular weight excluding hydrogens is 318 g/mol. The van der Waals surface area contributed by atoms with Crippen LogP contribution in [0.4, 0.5) is 0 Å². The van der Waals surface area contributed by atoms with Crippen LogP contribution in [0.3, 0.4) is 0 Å². The number of pyridine rings is 1. The van der Waals surface area contributed by atoms with E-state index in [2.05, 4.69) is 25.2 Å². The van der Waals surface area contributed by atoms with E-state index in [0.717, 1.165) is 17.0 Å². The zero-order valence-corrected chi connectivity index (χ0v) is 14.6. The number of carbonyl (C=O) groups excluding carboxylic acids is 1. The first-order valence-electron chi connectivity index (χ1n) is 8.44. The molecule has 3 rings (SSSR count). The first-order chi connectivity index (χ1) is 12.1. The fourth-order valence-electron chi connectivity index (χ4n) is 3.04. The van der Waals surface area contributed by atoms with Gasteiger partial charge in [0.25, 0.3) is 0 Å². The number of hydrogen-bond donors (Lipinski definition) is 1. The average Bonchev–Trinajstić information content (AvgIpc) is 2.61. The second kappa shape index (κ2) is 8.13. The van der Waals surface area contributed by atoms with Gasteiger partial charge in [-0.25, -0.2) is 9.97 Å². The largest absolute Gasteiger partial charge is 0.379 e. The summed E-state index contributed by atoms with van der Waals surface area (Å²) in [7, 11) is 0. The highest BCUT2D eigenvalue weighted by molar-refractivity contribution is 5.83. The zero-order valence-electron chi connectivity index (χ0n) is 14.6. The third-order valence-corrected chi connectivity index (χ3v) is 4.11. The van der Waals surface area contributed by atoms with Crippen molar-refractivity contribution in [3.05, 3.63) is 53.4 Å². The molecule has 0 aliphatic carbocycles. The highest BCUT2D eigenvalue weighted by Crippen LogP contribution is 2.21. The molecule has 7 nitrogen and oxygen atoms in total. The summed E-state index contributed by atoms with van der Waals surface area (Å²) < 4.78 is 5.41. The Bertz CT molecular complexity index is 696. The van der Waals surface area contributed by atoms with Crippen LogP contribution in [0, 0.1) is 13.8 Å². The first-order valence-corrected chi connectivity index (χ1v) is 8.44. The molecule has 3 heterocycles. The lowest BCUT2D eigenvalue weighted by Gasteiger charge is -2.33. The van der Waals surface area contributed by atoms with Crippen LogP contribution in [0.2, 0.25) is 0 Å². The highest BCUT2D eigenvalue weighted by Gasteiger charge is 2.29. The number of nitrogens with one attached hydrogen (secondary N) is 1. The second-order valence-corrected chi connectivity index (χ2v) is 6.12. The third-order valence-electron chi connectivity index (χ3n) is 4.11. The van der Waals surface area contributed by atoms with Crippen LogP contribution in [-0.2, 0) is 16.1 Å². The predicted octanol–water partition coefficient (Wildman–Crippen LogP) is 1.18. The van der Waals surface area contributed by atoms with E-state index in [9.17, 15) is 4.79 Å². The Hall–Kier alpha value is -2.38. The Morgan fingerprint density at radius 3 is 2.64 bits per heavy atom. The Morgan fingerprint density at radius 2 is 2.00 bits per heavy atom. The summed E-state index contributed by atoms with van der Waals surface area (Å²) in [5.41, 5.74) is 2.67. The highest BCUT2D eigenvalue weighted by atomic mass is 16.5. The summed E-state index contributed by atoms with van der Waals surface area (Å²) in [6, 6.07) is 5.31. The van der Waals surface area contributed by atoms with Crippen LogP contribution < -0.4 is 5.32 Å². The zero-order chi connectivity index (χ0) is 17.6.